The van der Waals surface area contributed by atoms with Crippen molar-refractivity contribution in [1.82, 2.24) is 15.7 Å². The summed E-state index contributed by atoms with van der Waals surface area (Å²) in [5, 5.41) is 24.5. The molecule has 0 aromatic rings. The number of morpholine rings is 1. The van der Waals surface area contributed by atoms with E-state index in [1.165, 1.54) is 12.8 Å². The number of rotatable bonds is 7. The molecule has 1 amide bonds. The third kappa shape index (κ3) is 5.95. The van der Waals surface area contributed by atoms with E-state index in [2.05, 4.69) is 29.5 Å². The van der Waals surface area contributed by atoms with Gasteiger partial charge in [0.15, 0.2) is 0 Å². The van der Waals surface area contributed by atoms with Gasteiger partial charge in [0.25, 0.3) is 0 Å². The lowest BCUT2D eigenvalue weighted by Crippen LogP contribution is -2.51. The number of hydrogen-bond acceptors (Lipinski definition) is 7. The Morgan fingerprint density at radius 2 is 1.79 bits per heavy atom. The van der Waals surface area contributed by atoms with Gasteiger partial charge in [-0.05, 0) is 69.1 Å². The molecule has 0 aromatic heterocycles. The highest BCUT2D eigenvalue weighted by molar-refractivity contribution is 5.82. The molecule has 0 bridgehead atoms. The van der Waals surface area contributed by atoms with Crippen molar-refractivity contribution in [2.45, 2.75) is 83.6 Å². The number of nitrogens with zero attached hydrogens (tertiary/aromatic N) is 1. The molecule has 0 aromatic carbocycles. The number of nitrogens with one attached hydrogen (secondary N) is 2. The van der Waals surface area contributed by atoms with Crippen LogP contribution in [0.25, 0.3) is 0 Å². The van der Waals surface area contributed by atoms with Crippen molar-refractivity contribution < 1.29 is 24.6 Å². The highest BCUT2D eigenvalue weighted by Gasteiger charge is 2.52. The second-order valence-electron chi connectivity index (χ2n) is 11.5. The topological polar surface area (TPSA) is 103 Å². The largest absolute Gasteiger partial charge is 0.393 e. The molecule has 4 N–H and O–H groups in total. The van der Waals surface area contributed by atoms with Crippen LogP contribution >= 0.6 is 0 Å². The summed E-state index contributed by atoms with van der Waals surface area (Å²) in [6.45, 7) is 11.7. The zero-order valence-electron chi connectivity index (χ0n) is 21.3. The maximum absolute atomic E-state index is 13.0. The highest BCUT2D eigenvalue weighted by atomic mass is 16.7. The quantitative estimate of drug-likeness (QED) is 0.438. The second-order valence-corrected chi connectivity index (χ2v) is 11.5. The minimum atomic E-state index is -0.607. The number of ether oxygens (including phenoxy) is 1. The predicted octanol–water partition coefficient (Wildman–Crippen LogP) is 1.55. The highest BCUT2D eigenvalue weighted by Crippen LogP contribution is 2.46. The number of amides is 1. The van der Waals surface area contributed by atoms with Crippen LogP contribution in [-0.4, -0.2) is 84.8 Å². The number of aliphatic hydroxyl groups is 2. The van der Waals surface area contributed by atoms with Crippen molar-refractivity contribution >= 4 is 5.91 Å². The summed E-state index contributed by atoms with van der Waals surface area (Å²) >= 11 is 0. The summed E-state index contributed by atoms with van der Waals surface area (Å²) in [6.07, 6.45) is 4.36. The van der Waals surface area contributed by atoms with Gasteiger partial charge in [-0.15, -0.1) is 0 Å². The average molecular weight is 482 g/mol. The molecule has 8 nitrogen and oxygen atoms in total. The smallest absolute Gasteiger partial charge is 0.239 e. The molecule has 2 aliphatic heterocycles. The number of likely N-dealkylation sites (N-methyl/N-ethyl adjacent to an activating group) is 1. The van der Waals surface area contributed by atoms with Gasteiger partial charge in [0.2, 0.25) is 5.91 Å². The molecule has 0 spiro atoms. The molecule has 7 atom stereocenters. The number of carbonyl (C=O) groups is 1. The van der Waals surface area contributed by atoms with Crippen molar-refractivity contribution in [2.75, 3.05) is 39.4 Å². The Labute approximate surface area is 205 Å². The zero-order chi connectivity index (χ0) is 24.2. The molecule has 0 radical (unpaired) electrons. The summed E-state index contributed by atoms with van der Waals surface area (Å²) < 4.78 is 5.50. The van der Waals surface area contributed by atoms with Crippen molar-refractivity contribution in [3.63, 3.8) is 0 Å². The van der Waals surface area contributed by atoms with Gasteiger partial charge >= 0.3 is 0 Å². The van der Waals surface area contributed by atoms with Gasteiger partial charge in [0, 0.05) is 38.0 Å². The summed E-state index contributed by atoms with van der Waals surface area (Å²) in [6, 6.07) is -0.387. The summed E-state index contributed by atoms with van der Waals surface area (Å²) in [7, 11) is 0. The SMILES string of the molecule is CCNC(=O)C1NOC(C2CC(C(C)C)C(O)CC2O)C1C1CCC(CN2CCOCC2)CC1. The van der Waals surface area contributed by atoms with Crippen LogP contribution in [0.5, 0.6) is 0 Å². The van der Waals surface area contributed by atoms with Crippen LogP contribution in [0.4, 0.5) is 0 Å². The number of aliphatic hydroxyl groups excluding tert-OH is 2. The van der Waals surface area contributed by atoms with E-state index in [0.29, 0.717) is 30.7 Å². The normalized spacial score (nSPS) is 42.1. The van der Waals surface area contributed by atoms with Gasteiger partial charge in [0.05, 0.1) is 31.5 Å². The van der Waals surface area contributed by atoms with Crippen LogP contribution in [0.3, 0.4) is 0 Å². The third-order valence-corrected chi connectivity index (χ3v) is 9.08. The van der Waals surface area contributed by atoms with Crippen LogP contribution in [0.2, 0.25) is 0 Å². The van der Waals surface area contributed by atoms with Crippen LogP contribution < -0.4 is 10.8 Å². The molecule has 2 saturated heterocycles. The minimum Gasteiger partial charge on any atom is -0.393 e. The standard InChI is InChI=1S/C26H47N3O5/c1-4-27-26(32)24-23(18-7-5-17(6-8-18)15-29-9-11-33-12-10-29)25(34-28-24)20-13-19(16(2)3)21(30)14-22(20)31/h16-25,28,30-31H,4-15H2,1-3H3,(H,27,32). The Morgan fingerprint density at radius 1 is 1.09 bits per heavy atom. The Kier molecular flexibility index (Phi) is 9.26. The van der Waals surface area contributed by atoms with Crippen molar-refractivity contribution in [3.05, 3.63) is 0 Å². The van der Waals surface area contributed by atoms with Gasteiger partial charge in [-0.3, -0.25) is 14.5 Å². The first kappa shape index (κ1) is 26.3. The van der Waals surface area contributed by atoms with E-state index in [1.54, 1.807) is 0 Å². The summed E-state index contributed by atoms with van der Waals surface area (Å²) in [5.74, 6) is 1.54. The monoisotopic (exact) mass is 481 g/mol. The fourth-order valence-electron chi connectivity index (χ4n) is 7.12. The Morgan fingerprint density at radius 3 is 2.44 bits per heavy atom. The molecule has 2 saturated carbocycles. The molecule has 4 aliphatic rings. The lowest BCUT2D eigenvalue weighted by Gasteiger charge is -2.44. The van der Waals surface area contributed by atoms with Gasteiger partial charge < -0.3 is 20.3 Å². The molecular weight excluding hydrogens is 434 g/mol. The number of carbonyl (C=O) groups excluding carboxylic acids is 1. The van der Waals surface area contributed by atoms with Crippen molar-refractivity contribution in [3.8, 4) is 0 Å². The minimum absolute atomic E-state index is 0.00353. The molecule has 4 rings (SSSR count). The molecule has 7 unspecified atom stereocenters. The zero-order valence-corrected chi connectivity index (χ0v) is 21.3. The first-order chi connectivity index (χ1) is 16.4. The van der Waals surface area contributed by atoms with Crippen LogP contribution in [0, 0.1) is 35.5 Å². The molecule has 2 heterocycles. The second kappa shape index (κ2) is 12.0. The van der Waals surface area contributed by atoms with E-state index in [1.807, 2.05) is 6.92 Å². The Hall–Kier alpha value is -0.770. The number of hydrogen-bond donors (Lipinski definition) is 4. The van der Waals surface area contributed by atoms with E-state index < -0.39 is 12.2 Å². The van der Waals surface area contributed by atoms with E-state index in [-0.39, 0.29) is 35.8 Å². The maximum atomic E-state index is 13.0. The summed E-state index contributed by atoms with van der Waals surface area (Å²) in [5.41, 5.74) is 3.08. The van der Waals surface area contributed by atoms with E-state index in [0.717, 1.165) is 52.1 Å². The van der Waals surface area contributed by atoms with E-state index in [4.69, 9.17) is 9.57 Å². The van der Waals surface area contributed by atoms with Gasteiger partial charge in [-0.2, -0.15) is 5.48 Å². The number of hydroxylamine groups is 1. The molecule has 34 heavy (non-hydrogen) atoms. The van der Waals surface area contributed by atoms with Crippen LogP contribution in [0.15, 0.2) is 0 Å². The Balaban J connectivity index is 1.45. The molecule has 196 valence electrons. The van der Waals surface area contributed by atoms with Crippen molar-refractivity contribution in [2.24, 2.45) is 35.5 Å². The van der Waals surface area contributed by atoms with Crippen LogP contribution in [-0.2, 0) is 14.4 Å². The third-order valence-electron chi connectivity index (χ3n) is 9.08. The molecule has 4 fully saturated rings. The molecular formula is C26H47N3O5. The first-order valence-electron chi connectivity index (χ1n) is 13.7. The lowest BCUT2D eigenvalue weighted by molar-refractivity contribution is -0.125. The first-order valence-corrected chi connectivity index (χ1v) is 13.7. The average Bonchev–Trinajstić information content (AvgIpc) is 3.25. The molecule has 2 aliphatic carbocycles. The lowest BCUT2D eigenvalue weighted by atomic mass is 9.64. The van der Waals surface area contributed by atoms with Gasteiger partial charge in [0.1, 0.15) is 6.04 Å². The van der Waals surface area contributed by atoms with E-state index in [9.17, 15) is 15.0 Å². The Bertz CT molecular complexity index is 650. The van der Waals surface area contributed by atoms with Crippen molar-refractivity contribution in [1.29, 1.82) is 0 Å². The van der Waals surface area contributed by atoms with Gasteiger partial charge in [-0.25, -0.2) is 0 Å². The molecule has 8 heteroatoms. The van der Waals surface area contributed by atoms with Gasteiger partial charge in [-0.1, -0.05) is 13.8 Å². The summed E-state index contributed by atoms with van der Waals surface area (Å²) in [4.78, 5) is 21.7. The maximum Gasteiger partial charge on any atom is 0.239 e. The fraction of sp³-hybridized carbons (Fsp3) is 0.962. The van der Waals surface area contributed by atoms with Crippen LogP contribution in [0.1, 0.15) is 59.3 Å². The van der Waals surface area contributed by atoms with E-state index >= 15 is 0 Å². The fourth-order valence-corrected chi connectivity index (χ4v) is 7.12. The predicted molar refractivity (Wildman–Crippen MR) is 130 cm³/mol.